The number of hydrogen-bond donors (Lipinski definition) is 0. The predicted molar refractivity (Wildman–Crippen MR) is 115 cm³/mol. The molecule has 0 amide bonds. The maximum absolute atomic E-state index is 10.1. The van der Waals surface area contributed by atoms with Gasteiger partial charge in [0.2, 0.25) is 0 Å². The SMILES string of the molecule is CCN(CCCC(C#N)(c1ccc(Cl)c(Cl)c1)C(C)C)Cc1ccccc1. The first kappa shape index (κ1) is 21.8. The molecule has 0 saturated heterocycles. The molecule has 27 heavy (non-hydrogen) atoms. The maximum Gasteiger partial charge on any atom is 0.0846 e. The van der Waals surface area contributed by atoms with E-state index in [2.05, 4.69) is 56.0 Å². The Morgan fingerprint density at radius 1 is 1.07 bits per heavy atom. The summed E-state index contributed by atoms with van der Waals surface area (Å²) in [5.74, 6) is 0.184. The van der Waals surface area contributed by atoms with Crippen LogP contribution in [0, 0.1) is 17.2 Å². The van der Waals surface area contributed by atoms with E-state index in [1.54, 1.807) is 6.07 Å². The van der Waals surface area contributed by atoms with Gasteiger partial charge in [0, 0.05) is 6.54 Å². The van der Waals surface area contributed by atoms with Crippen LogP contribution in [0.25, 0.3) is 0 Å². The van der Waals surface area contributed by atoms with Gasteiger partial charge in [-0.25, -0.2) is 0 Å². The second kappa shape index (κ2) is 10.1. The monoisotopic (exact) mass is 402 g/mol. The quantitative estimate of drug-likeness (QED) is 0.465. The van der Waals surface area contributed by atoms with Gasteiger partial charge in [0.05, 0.1) is 21.5 Å². The molecule has 0 heterocycles. The van der Waals surface area contributed by atoms with Crippen LogP contribution in [0.5, 0.6) is 0 Å². The summed E-state index contributed by atoms with van der Waals surface area (Å²) in [4.78, 5) is 2.42. The zero-order valence-corrected chi connectivity index (χ0v) is 17.9. The van der Waals surface area contributed by atoms with Crippen LogP contribution in [0.2, 0.25) is 10.0 Å². The molecular weight excluding hydrogens is 375 g/mol. The predicted octanol–water partition coefficient (Wildman–Crippen LogP) is 6.71. The van der Waals surface area contributed by atoms with E-state index in [4.69, 9.17) is 23.2 Å². The highest BCUT2D eigenvalue weighted by Gasteiger charge is 2.36. The molecule has 0 bridgehead atoms. The van der Waals surface area contributed by atoms with Gasteiger partial charge in [0.25, 0.3) is 0 Å². The number of hydrogen-bond acceptors (Lipinski definition) is 2. The van der Waals surface area contributed by atoms with Crippen LogP contribution in [0.3, 0.4) is 0 Å². The zero-order valence-electron chi connectivity index (χ0n) is 16.4. The Labute approximate surface area is 173 Å². The molecule has 0 aliphatic heterocycles. The topological polar surface area (TPSA) is 27.0 Å². The summed E-state index contributed by atoms with van der Waals surface area (Å²) in [5, 5.41) is 11.1. The highest BCUT2D eigenvalue weighted by Crippen LogP contribution is 2.39. The van der Waals surface area contributed by atoms with Crippen molar-refractivity contribution in [3.05, 3.63) is 69.7 Å². The van der Waals surface area contributed by atoms with E-state index < -0.39 is 5.41 Å². The molecule has 0 fully saturated rings. The number of nitrogens with zero attached hydrogens (tertiary/aromatic N) is 2. The first-order valence-corrected chi connectivity index (χ1v) is 10.3. The Kier molecular flexibility index (Phi) is 8.17. The minimum atomic E-state index is -0.555. The highest BCUT2D eigenvalue weighted by atomic mass is 35.5. The molecule has 0 aliphatic rings. The molecule has 0 saturated carbocycles. The lowest BCUT2D eigenvalue weighted by molar-refractivity contribution is 0.255. The van der Waals surface area contributed by atoms with Crippen LogP contribution >= 0.6 is 23.2 Å². The normalized spacial score (nSPS) is 13.6. The van der Waals surface area contributed by atoms with Crippen molar-refractivity contribution in [3.63, 3.8) is 0 Å². The average Bonchev–Trinajstić information content (AvgIpc) is 2.67. The number of halogens is 2. The fourth-order valence-electron chi connectivity index (χ4n) is 3.56. The Hall–Kier alpha value is -1.53. The van der Waals surface area contributed by atoms with Crippen LogP contribution in [-0.4, -0.2) is 18.0 Å². The third-order valence-electron chi connectivity index (χ3n) is 5.36. The number of nitriles is 1. The fourth-order valence-corrected chi connectivity index (χ4v) is 3.86. The van der Waals surface area contributed by atoms with E-state index in [0.717, 1.165) is 38.0 Å². The Morgan fingerprint density at radius 3 is 2.33 bits per heavy atom. The van der Waals surface area contributed by atoms with Crippen molar-refractivity contribution >= 4 is 23.2 Å². The van der Waals surface area contributed by atoms with Crippen molar-refractivity contribution in [2.45, 2.75) is 45.6 Å². The van der Waals surface area contributed by atoms with Crippen LogP contribution < -0.4 is 0 Å². The summed E-state index contributed by atoms with van der Waals surface area (Å²) >= 11 is 12.3. The van der Waals surface area contributed by atoms with Crippen molar-refractivity contribution < 1.29 is 0 Å². The molecule has 2 rings (SSSR count). The Morgan fingerprint density at radius 2 is 1.78 bits per heavy atom. The fraction of sp³-hybridized carbons (Fsp3) is 0.435. The van der Waals surface area contributed by atoms with Gasteiger partial charge in [-0.05, 0) is 55.1 Å². The Bertz CT molecular complexity index is 768. The third-order valence-corrected chi connectivity index (χ3v) is 6.10. The number of benzene rings is 2. The average molecular weight is 403 g/mol. The van der Waals surface area contributed by atoms with Gasteiger partial charge in [-0.3, -0.25) is 4.90 Å². The Balaban J connectivity index is 2.10. The molecule has 0 N–H and O–H groups in total. The summed E-state index contributed by atoms with van der Waals surface area (Å²) in [6, 6.07) is 18.7. The summed E-state index contributed by atoms with van der Waals surface area (Å²) in [5.41, 5.74) is 1.72. The molecule has 2 aromatic rings. The molecule has 144 valence electrons. The van der Waals surface area contributed by atoms with Crippen molar-refractivity contribution in [2.75, 3.05) is 13.1 Å². The first-order valence-electron chi connectivity index (χ1n) is 9.56. The number of rotatable bonds is 9. The molecular formula is C23H28Cl2N2. The van der Waals surface area contributed by atoms with E-state index in [9.17, 15) is 5.26 Å². The van der Waals surface area contributed by atoms with Crippen molar-refractivity contribution in [2.24, 2.45) is 5.92 Å². The van der Waals surface area contributed by atoms with E-state index in [1.807, 2.05) is 18.2 Å². The molecule has 0 aliphatic carbocycles. The van der Waals surface area contributed by atoms with Crippen LogP contribution in [0.4, 0.5) is 0 Å². The van der Waals surface area contributed by atoms with Gasteiger partial charge >= 0.3 is 0 Å². The van der Waals surface area contributed by atoms with Gasteiger partial charge in [-0.2, -0.15) is 5.26 Å². The summed E-state index contributed by atoms with van der Waals surface area (Å²) in [6.45, 7) is 9.28. The lowest BCUT2D eigenvalue weighted by Crippen LogP contribution is -2.33. The molecule has 0 radical (unpaired) electrons. The maximum atomic E-state index is 10.1. The molecule has 1 atom stereocenters. The smallest absolute Gasteiger partial charge is 0.0846 e. The summed E-state index contributed by atoms with van der Waals surface area (Å²) in [6.07, 6.45) is 1.75. The van der Waals surface area contributed by atoms with Crippen molar-refractivity contribution in [1.29, 1.82) is 5.26 Å². The van der Waals surface area contributed by atoms with Gasteiger partial charge in [0.15, 0.2) is 0 Å². The highest BCUT2D eigenvalue weighted by molar-refractivity contribution is 6.42. The molecule has 4 heteroatoms. The van der Waals surface area contributed by atoms with Crippen LogP contribution in [0.15, 0.2) is 48.5 Å². The zero-order chi connectivity index (χ0) is 19.9. The second-order valence-electron chi connectivity index (χ2n) is 7.32. The molecule has 1 unspecified atom stereocenters. The molecule has 2 aromatic carbocycles. The first-order chi connectivity index (χ1) is 12.9. The third kappa shape index (κ3) is 5.48. The van der Waals surface area contributed by atoms with E-state index in [-0.39, 0.29) is 5.92 Å². The minimum Gasteiger partial charge on any atom is -0.299 e. The van der Waals surface area contributed by atoms with Crippen LogP contribution in [-0.2, 0) is 12.0 Å². The lowest BCUT2D eigenvalue weighted by atomic mass is 9.70. The summed E-state index contributed by atoms with van der Waals surface area (Å²) in [7, 11) is 0. The van der Waals surface area contributed by atoms with Gasteiger partial charge in [-0.1, -0.05) is 80.4 Å². The lowest BCUT2D eigenvalue weighted by Gasteiger charge is -2.32. The second-order valence-corrected chi connectivity index (χ2v) is 8.14. The van der Waals surface area contributed by atoms with E-state index in [0.29, 0.717) is 10.0 Å². The minimum absolute atomic E-state index is 0.184. The standard InChI is InChI=1S/C23H28Cl2N2/c1-4-27(16-19-9-6-5-7-10-19)14-8-13-23(17-26,18(2)3)20-11-12-21(24)22(25)15-20/h5-7,9-12,15,18H,4,8,13-14,16H2,1-3H3. The van der Waals surface area contributed by atoms with Crippen molar-refractivity contribution in [3.8, 4) is 6.07 Å². The van der Waals surface area contributed by atoms with Crippen molar-refractivity contribution in [1.82, 2.24) is 4.90 Å². The molecule has 2 nitrogen and oxygen atoms in total. The van der Waals surface area contributed by atoms with Gasteiger partial charge in [-0.15, -0.1) is 0 Å². The largest absolute Gasteiger partial charge is 0.299 e. The van der Waals surface area contributed by atoms with E-state index in [1.165, 1.54) is 5.56 Å². The molecule has 0 aromatic heterocycles. The van der Waals surface area contributed by atoms with Gasteiger partial charge < -0.3 is 0 Å². The van der Waals surface area contributed by atoms with Gasteiger partial charge in [0.1, 0.15) is 0 Å². The molecule has 0 spiro atoms. The van der Waals surface area contributed by atoms with E-state index >= 15 is 0 Å². The van der Waals surface area contributed by atoms with Crippen LogP contribution in [0.1, 0.15) is 44.7 Å². The summed E-state index contributed by atoms with van der Waals surface area (Å²) < 4.78 is 0.